The van der Waals surface area contributed by atoms with Gasteiger partial charge in [-0.05, 0) is 30.3 Å². The van der Waals surface area contributed by atoms with Gasteiger partial charge >= 0.3 is 0 Å². The molecule has 2 aromatic carbocycles. The molecule has 3 aromatic rings. The molecule has 1 saturated heterocycles. The molecule has 3 N–H and O–H groups in total. The Bertz CT molecular complexity index is 1340. The van der Waals surface area contributed by atoms with Gasteiger partial charge in [-0.3, -0.25) is 9.79 Å². The van der Waals surface area contributed by atoms with E-state index in [0.29, 0.717) is 54.8 Å². The number of hydrogen-bond donors (Lipinski definition) is 3. The number of morpholine rings is 1. The molecular weight excluding hydrogens is 493 g/mol. The van der Waals surface area contributed by atoms with Crippen LogP contribution >= 0.6 is 0 Å². The van der Waals surface area contributed by atoms with Crippen molar-refractivity contribution >= 4 is 47.2 Å². The van der Waals surface area contributed by atoms with Crippen LogP contribution < -0.4 is 25.4 Å². The number of amides is 1. The molecule has 1 atom stereocenters. The fraction of sp³-hybridized carbons (Fsp3) is 0.269. The molecule has 38 heavy (non-hydrogen) atoms. The summed E-state index contributed by atoms with van der Waals surface area (Å²) >= 11 is 0. The van der Waals surface area contributed by atoms with Gasteiger partial charge in [0.15, 0.2) is 23.1 Å². The lowest BCUT2D eigenvalue weighted by molar-refractivity contribution is -0.111. The number of hydrogen-bond acceptors (Lipinski definition) is 10. The molecule has 1 unspecified atom stereocenters. The van der Waals surface area contributed by atoms with Crippen LogP contribution in [0.2, 0.25) is 0 Å². The highest BCUT2D eigenvalue weighted by molar-refractivity contribution is 6.28. The van der Waals surface area contributed by atoms with Crippen LogP contribution in [0, 0.1) is 5.82 Å². The molecule has 0 saturated carbocycles. The first kappa shape index (κ1) is 25.2. The number of aliphatic imine (C=N–C) groups is 2. The molecule has 11 nitrogen and oxygen atoms in total. The van der Waals surface area contributed by atoms with Gasteiger partial charge in [-0.15, -0.1) is 0 Å². The summed E-state index contributed by atoms with van der Waals surface area (Å²) in [6.07, 6.45) is 4.34. The molecule has 0 radical (unpaired) electrons. The van der Waals surface area contributed by atoms with Crippen LogP contribution in [0.5, 0.6) is 11.5 Å². The summed E-state index contributed by atoms with van der Waals surface area (Å²) in [5, 5.41) is 9.19. The van der Waals surface area contributed by atoms with E-state index in [1.54, 1.807) is 48.7 Å². The number of anilines is 4. The number of halogens is 1. The van der Waals surface area contributed by atoms with E-state index < -0.39 is 11.7 Å². The lowest BCUT2D eigenvalue weighted by atomic mass is 10.2. The quantitative estimate of drug-likeness (QED) is 0.382. The van der Waals surface area contributed by atoms with Gasteiger partial charge in [0.2, 0.25) is 5.95 Å². The number of carbonyl (C=O) groups is 1. The van der Waals surface area contributed by atoms with Gasteiger partial charge in [0.05, 0.1) is 30.8 Å². The minimum atomic E-state index is -0.617. The zero-order chi connectivity index (χ0) is 26.2. The Morgan fingerprint density at radius 1 is 1.11 bits per heavy atom. The molecule has 5 rings (SSSR count). The summed E-state index contributed by atoms with van der Waals surface area (Å²) in [7, 11) is 0. The fourth-order valence-corrected chi connectivity index (χ4v) is 3.76. The lowest BCUT2D eigenvalue weighted by Crippen LogP contribution is -2.38. The smallest absolute Gasteiger partial charge is 0.287 e. The van der Waals surface area contributed by atoms with Crippen LogP contribution in [0.1, 0.15) is 6.42 Å². The monoisotopic (exact) mass is 519 g/mol. The maximum atomic E-state index is 14.4. The summed E-state index contributed by atoms with van der Waals surface area (Å²) in [5.74, 6) is 0.290. The second kappa shape index (κ2) is 12.2. The fourth-order valence-electron chi connectivity index (χ4n) is 3.76. The highest BCUT2D eigenvalue weighted by atomic mass is 19.1. The predicted octanol–water partition coefficient (Wildman–Crippen LogP) is 3.55. The number of fused-ring (bicyclic) bond motifs is 1. The molecule has 1 amide bonds. The lowest BCUT2D eigenvalue weighted by Gasteiger charge is -2.21. The second-order valence-electron chi connectivity index (χ2n) is 8.39. The Hall–Kier alpha value is -4.42. The average Bonchev–Trinajstić information content (AvgIpc) is 2.94. The molecular formula is C26H26FN7O4. The summed E-state index contributed by atoms with van der Waals surface area (Å²) in [6, 6.07) is 12.2. The third kappa shape index (κ3) is 6.87. The van der Waals surface area contributed by atoms with E-state index in [0.717, 1.165) is 25.5 Å². The van der Waals surface area contributed by atoms with Gasteiger partial charge in [-0.2, -0.15) is 4.98 Å². The van der Waals surface area contributed by atoms with Gasteiger partial charge in [0.25, 0.3) is 5.91 Å². The van der Waals surface area contributed by atoms with Gasteiger partial charge in [0, 0.05) is 43.2 Å². The first-order valence-corrected chi connectivity index (χ1v) is 12.1. The maximum absolute atomic E-state index is 14.4. The molecule has 0 bridgehead atoms. The van der Waals surface area contributed by atoms with Crippen LogP contribution in [0.25, 0.3) is 0 Å². The zero-order valence-corrected chi connectivity index (χ0v) is 20.4. The maximum Gasteiger partial charge on any atom is 0.287 e. The number of nitrogens with one attached hydrogen (secondary N) is 3. The van der Waals surface area contributed by atoms with Crippen molar-refractivity contribution in [2.24, 2.45) is 9.98 Å². The predicted molar refractivity (Wildman–Crippen MR) is 141 cm³/mol. The van der Waals surface area contributed by atoms with E-state index in [-0.39, 0.29) is 17.9 Å². The number of rotatable bonds is 8. The second-order valence-corrected chi connectivity index (χ2v) is 8.39. The summed E-state index contributed by atoms with van der Waals surface area (Å²) in [4.78, 5) is 28.4. The summed E-state index contributed by atoms with van der Waals surface area (Å²) < 4.78 is 31.1. The van der Waals surface area contributed by atoms with Crippen molar-refractivity contribution in [1.82, 2.24) is 15.3 Å². The van der Waals surface area contributed by atoms with E-state index in [2.05, 4.69) is 35.9 Å². The first-order valence-electron chi connectivity index (χ1n) is 12.1. The minimum Gasteiger partial charge on any atom is -0.486 e. The van der Waals surface area contributed by atoms with Gasteiger partial charge < -0.3 is 30.2 Å². The highest BCUT2D eigenvalue weighted by Gasteiger charge is 2.14. The van der Waals surface area contributed by atoms with E-state index in [4.69, 9.17) is 14.2 Å². The Kier molecular flexibility index (Phi) is 8.11. The zero-order valence-electron chi connectivity index (χ0n) is 20.4. The number of benzene rings is 2. The van der Waals surface area contributed by atoms with Crippen LogP contribution in [-0.4, -0.2) is 67.3 Å². The normalized spacial score (nSPS) is 17.0. The Labute approximate surface area is 218 Å². The third-order valence-corrected chi connectivity index (χ3v) is 5.57. The van der Waals surface area contributed by atoms with Crippen molar-refractivity contribution in [3.8, 4) is 11.5 Å². The standard InChI is InChI=1S/C26H26FN7O4/c27-21-15-31-26(34-25(21)32-19-4-5-22-23(13-19)38-11-10-37-22)33-18-3-1-2-17(12-18)30-16-24(35)29-7-6-20-14-28-8-9-36-20/h1-5,7,12-13,15-16,20,28H,6,8-11,14H2,(H2,31,32,33,34). The van der Waals surface area contributed by atoms with Crippen molar-refractivity contribution in [3.05, 3.63) is 54.5 Å². The van der Waals surface area contributed by atoms with Gasteiger partial charge in [0.1, 0.15) is 13.2 Å². The summed E-state index contributed by atoms with van der Waals surface area (Å²) in [5.41, 5.74) is 1.72. The molecule has 1 aromatic heterocycles. The number of ether oxygens (including phenoxy) is 3. The van der Waals surface area contributed by atoms with Gasteiger partial charge in [-0.25, -0.2) is 14.4 Å². The minimum absolute atomic E-state index is 0.00813. The SMILES string of the molecule is O=C(C=Nc1cccc(Nc2ncc(F)c(Nc3ccc4c(c3)OCCO4)n2)c1)N=CCC1CNCCO1. The number of nitrogens with zero attached hydrogens (tertiary/aromatic N) is 4. The van der Waals surface area contributed by atoms with Crippen LogP contribution in [-0.2, 0) is 9.53 Å². The van der Waals surface area contributed by atoms with E-state index >= 15 is 0 Å². The largest absolute Gasteiger partial charge is 0.486 e. The highest BCUT2D eigenvalue weighted by Crippen LogP contribution is 2.33. The molecule has 1 fully saturated rings. The average molecular weight is 520 g/mol. The van der Waals surface area contributed by atoms with Crippen molar-refractivity contribution in [2.75, 3.05) is 43.5 Å². The van der Waals surface area contributed by atoms with E-state index in [1.807, 2.05) is 0 Å². The molecule has 2 aliphatic rings. The van der Waals surface area contributed by atoms with Gasteiger partial charge in [-0.1, -0.05) is 6.07 Å². The molecule has 0 aliphatic carbocycles. The third-order valence-electron chi connectivity index (χ3n) is 5.57. The molecule has 12 heteroatoms. The topological polar surface area (TPSA) is 131 Å². The van der Waals surface area contributed by atoms with Crippen LogP contribution in [0.15, 0.2) is 58.6 Å². The molecule has 0 spiro atoms. The van der Waals surface area contributed by atoms with Crippen molar-refractivity contribution in [1.29, 1.82) is 0 Å². The Morgan fingerprint density at radius 3 is 2.84 bits per heavy atom. The van der Waals surface area contributed by atoms with E-state index in [1.165, 1.54) is 0 Å². The van der Waals surface area contributed by atoms with E-state index in [9.17, 15) is 9.18 Å². The van der Waals surface area contributed by atoms with Crippen molar-refractivity contribution in [2.45, 2.75) is 12.5 Å². The number of carbonyl (C=O) groups excluding carboxylic acids is 1. The van der Waals surface area contributed by atoms with Crippen LogP contribution in [0.4, 0.5) is 33.2 Å². The van der Waals surface area contributed by atoms with Crippen molar-refractivity contribution < 1.29 is 23.4 Å². The Balaban J connectivity index is 1.20. The van der Waals surface area contributed by atoms with Crippen molar-refractivity contribution in [3.63, 3.8) is 0 Å². The Morgan fingerprint density at radius 2 is 1.97 bits per heavy atom. The molecule has 196 valence electrons. The molecule has 3 heterocycles. The first-order chi connectivity index (χ1) is 18.6. The molecule has 2 aliphatic heterocycles. The summed E-state index contributed by atoms with van der Waals surface area (Å²) in [6.45, 7) is 3.16. The van der Waals surface area contributed by atoms with Crippen LogP contribution in [0.3, 0.4) is 0 Å². The number of aromatic nitrogens is 2.